The number of morpholine rings is 1. The van der Waals surface area contributed by atoms with Gasteiger partial charge in [-0.1, -0.05) is 45.0 Å². The average Bonchev–Trinajstić information content (AvgIpc) is 2.72. The Morgan fingerprint density at radius 3 is 1.97 bits per heavy atom. The molecule has 0 saturated carbocycles. The first-order valence-corrected chi connectivity index (χ1v) is 10.8. The van der Waals surface area contributed by atoms with Gasteiger partial charge in [-0.15, -0.1) is 0 Å². The molecular formula is C23H35N3O3. The summed E-state index contributed by atoms with van der Waals surface area (Å²) in [6.07, 6.45) is 1.29. The molecule has 3 rings (SSSR count). The van der Waals surface area contributed by atoms with Crippen LogP contribution >= 0.6 is 0 Å². The van der Waals surface area contributed by atoms with Crippen LogP contribution in [0.3, 0.4) is 0 Å². The third kappa shape index (κ3) is 6.28. The summed E-state index contributed by atoms with van der Waals surface area (Å²) in [5.41, 5.74) is 2.66. The van der Waals surface area contributed by atoms with E-state index in [0.29, 0.717) is 52.4 Å². The van der Waals surface area contributed by atoms with Crippen molar-refractivity contribution in [1.82, 2.24) is 14.7 Å². The van der Waals surface area contributed by atoms with Crippen LogP contribution in [0.2, 0.25) is 0 Å². The molecule has 2 aliphatic rings. The van der Waals surface area contributed by atoms with Gasteiger partial charge in [0.05, 0.1) is 19.8 Å². The Balaban J connectivity index is 1.40. The molecule has 2 saturated heterocycles. The molecule has 160 valence electrons. The normalized spacial score (nSPS) is 18.7. The Bertz CT molecular complexity index is 682. The number of rotatable bonds is 5. The molecule has 0 spiro atoms. The smallest absolute Gasteiger partial charge is 0.236 e. The van der Waals surface area contributed by atoms with Crippen LogP contribution in [0.4, 0.5) is 0 Å². The van der Waals surface area contributed by atoms with Crippen molar-refractivity contribution in [3.8, 4) is 0 Å². The van der Waals surface area contributed by atoms with Crippen LogP contribution in [0.15, 0.2) is 24.3 Å². The maximum atomic E-state index is 12.6. The lowest BCUT2D eigenvalue weighted by Gasteiger charge is -2.36. The highest BCUT2D eigenvalue weighted by molar-refractivity contribution is 5.79. The van der Waals surface area contributed by atoms with Crippen LogP contribution in [-0.2, 0) is 26.2 Å². The number of hydrogen-bond acceptors (Lipinski definition) is 4. The molecule has 1 aromatic carbocycles. The van der Waals surface area contributed by atoms with Crippen molar-refractivity contribution < 1.29 is 14.3 Å². The first kappa shape index (κ1) is 21.8. The van der Waals surface area contributed by atoms with Gasteiger partial charge >= 0.3 is 0 Å². The number of carbonyl (C=O) groups excluding carboxylic acids is 2. The maximum absolute atomic E-state index is 12.6. The van der Waals surface area contributed by atoms with Gasteiger partial charge in [0, 0.05) is 45.7 Å². The first-order chi connectivity index (χ1) is 13.8. The molecule has 0 aromatic heterocycles. The molecule has 0 atom stereocenters. The highest BCUT2D eigenvalue weighted by Gasteiger charge is 2.25. The quantitative estimate of drug-likeness (QED) is 0.757. The van der Waals surface area contributed by atoms with Crippen molar-refractivity contribution in [1.29, 1.82) is 0 Å². The van der Waals surface area contributed by atoms with Crippen LogP contribution in [0.5, 0.6) is 0 Å². The fourth-order valence-corrected chi connectivity index (χ4v) is 3.84. The molecule has 29 heavy (non-hydrogen) atoms. The van der Waals surface area contributed by atoms with Crippen LogP contribution < -0.4 is 0 Å². The molecule has 0 radical (unpaired) electrons. The zero-order valence-electron chi connectivity index (χ0n) is 18.2. The maximum Gasteiger partial charge on any atom is 0.236 e. The van der Waals surface area contributed by atoms with Crippen molar-refractivity contribution in [2.45, 2.75) is 39.0 Å². The summed E-state index contributed by atoms with van der Waals surface area (Å²) in [5, 5.41) is 0. The highest BCUT2D eigenvalue weighted by atomic mass is 16.5. The SMILES string of the molecule is CC(C)(C)c1ccc(CCC(=O)N2CCN(C(=O)CN3CCOCC3)CC2)cc1. The predicted octanol–water partition coefficient (Wildman–Crippen LogP) is 1.92. The van der Waals surface area contributed by atoms with Gasteiger partial charge in [-0.05, 0) is 23.0 Å². The van der Waals surface area contributed by atoms with E-state index in [4.69, 9.17) is 4.74 Å². The average molecular weight is 402 g/mol. The van der Waals surface area contributed by atoms with Gasteiger partial charge in [0.15, 0.2) is 0 Å². The van der Waals surface area contributed by atoms with Gasteiger partial charge in [0.25, 0.3) is 0 Å². The van der Waals surface area contributed by atoms with E-state index in [0.717, 1.165) is 19.5 Å². The number of ether oxygens (including phenoxy) is 1. The van der Waals surface area contributed by atoms with Crippen LogP contribution in [0, 0.1) is 0 Å². The first-order valence-electron chi connectivity index (χ1n) is 10.8. The summed E-state index contributed by atoms with van der Waals surface area (Å²) in [5.74, 6) is 0.350. The lowest BCUT2D eigenvalue weighted by molar-refractivity contribution is -0.140. The molecule has 0 aliphatic carbocycles. The fourth-order valence-electron chi connectivity index (χ4n) is 3.84. The molecule has 2 fully saturated rings. The lowest BCUT2D eigenvalue weighted by atomic mass is 9.86. The minimum absolute atomic E-state index is 0.146. The van der Waals surface area contributed by atoms with Gasteiger partial charge in [-0.2, -0.15) is 0 Å². The van der Waals surface area contributed by atoms with Crippen molar-refractivity contribution >= 4 is 11.8 Å². The molecular weight excluding hydrogens is 366 g/mol. The predicted molar refractivity (Wildman–Crippen MR) is 114 cm³/mol. The van der Waals surface area contributed by atoms with Gasteiger partial charge in [0.2, 0.25) is 11.8 Å². The summed E-state index contributed by atoms with van der Waals surface area (Å²) in [7, 11) is 0. The monoisotopic (exact) mass is 401 g/mol. The van der Waals surface area contributed by atoms with E-state index < -0.39 is 0 Å². The Morgan fingerprint density at radius 2 is 1.41 bits per heavy atom. The largest absolute Gasteiger partial charge is 0.379 e. The highest BCUT2D eigenvalue weighted by Crippen LogP contribution is 2.22. The van der Waals surface area contributed by atoms with E-state index in [-0.39, 0.29) is 17.2 Å². The Morgan fingerprint density at radius 1 is 0.862 bits per heavy atom. The van der Waals surface area contributed by atoms with Gasteiger partial charge in [-0.3, -0.25) is 14.5 Å². The second kappa shape index (κ2) is 9.72. The Hall–Kier alpha value is -1.92. The third-order valence-corrected chi connectivity index (χ3v) is 5.90. The van der Waals surface area contributed by atoms with Crippen molar-refractivity contribution in [3.63, 3.8) is 0 Å². The molecule has 2 amide bonds. The van der Waals surface area contributed by atoms with Crippen molar-refractivity contribution in [3.05, 3.63) is 35.4 Å². The number of benzene rings is 1. The number of piperazine rings is 1. The number of amides is 2. The fraction of sp³-hybridized carbons (Fsp3) is 0.652. The number of carbonyl (C=O) groups is 2. The van der Waals surface area contributed by atoms with Crippen LogP contribution in [0.1, 0.15) is 38.3 Å². The summed E-state index contributed by atoms with van der Waals surface area (Å²) < 4.78 is 5.33. The van der Waals surface area contributed by atoms with Crippen molar-refractivity contribution in [2.75, 3.05) is 59.0 Å². The number of aryl methyl sites for hydroxylation is 1. The molecule has 0 unspecified atom stereocenters. The molecule has 6 nitrogen and oxygen atoms in total. The standard InChI is InChI=1S/C23H35N3O3/c1-23(2,3)20-7-4-19(5-8-20)6-9-21(27)25-10-12-26(13-11-25)22(28)18-24-14-16-29-17-15-24/h4-5,7-8H,6,9-18H2,1-3H3. The molecule has 2 heterocycles. The summed E-state index contributed by atoms with van der Waals surface area (Å²) in [4.78, 5) is 31.0. The Kier molecular flexibility index (Phi) is 7.30. The topological polar surface area (TPSA) is 53.1 Å². The summed E-state index contributed by atoms with van der Waals surface area (Å²) >= 11 is 0. The second-order valence-electron chi connectivity index (χ2n) is 9.10. The summed E-state index contributed by atoms with van der Waals surface area (Å²) in [6.45, 7) is 12.7. The lowest BCUT2D eigenvalue weighted by Crippen LogP contribution is -2.53. The Labute approximate surface area is 174 Å². The molecule has 2 aliphatic heterocycles. The van der Waals surface area contributed by atoms with Gasteiger partial charge in [-0.25, -0.2) is 0 Å². The molecule has 0 N–H and O–H groups in total. The van der Waals surface area contributed by atoms with E-state index in [1.807, 2.05) is 9.80 Å². The van der Waals surface area contributed by atoms with E-state index >= 15 is 0 Å². The van der Waals surface area contributed by atoms with E-state index in [2.05, 4.69) is 49.9 Å². The van der Waals surface area contributed by atoms with Crippen LogP contribution in [-0.4, -0.2) is 85.5 Å². The number of nitrogens with zero attached hydrogens (tertiary/aromatic N) is 3. The van der Waals surface area contributed by atoms with Crippen molar-refractivity contribution in [2.24, 2.45) is 0 Å². The van der Waals surface area contributed by atoms with Gasteiger partial charge < -0.3 is 14.5 Å². The third-order valence-electron chi connectivity index (χ3n) is 5.90. The van der Waals surface area contributed by atoms with E-state index in [1.165, 1.54) is 11.1 Å². The zero-order valence-corrected chi connectivity index (χ0v) is 18.2. The minimum atomic E-state index is 0.146. The van der Waals surface area contributed by atoms with E-state index in [1.54, 1.807) is 0 Å². The summed E-state index contributed by atoms with van der Waals surface area (Å²) in [6, 6.07) is 8.60. The molecule has 6 heteroatoms. The molecule has 1 aromatic rings. The minimum Gasteiger partial charge on any atom is -0.379 e. The zero-order chi connectivity index (χ0) is 20.9. The van der Waals surface area contributed by atoms with E-state index in [9.17, 15) is 9.59 Å². The van der Waals surface area contributed by atoms with Crippen LogP contribution in [0.25, 0.3) is 0 Å². The number of hydrogen-bond donors (Lipinski definition) is 0. The second-order valence-corrected chi connectivity index (χ2v) is 9.10. The molecule has 0 bridgehead atoms. The van der Waals surface area contributed by atoms with Gasteiger partial charge in [0.1, 0.15) is 0 Å².